The summed E-state index contributed by atoms with van der Waals surface area (Å²) in [5.74, 6) is 0. The number of thiophene rings is 2. The van der Waals surface area contributed by atoms with E-state index < -0.39 is 0 Å². The van der Waals surface area contributed by atoms with Gasteiger partial charge in [-0.3, -0.25) is 4.79 Å². The third-order valence-corrected chi connectivity index (χ3v) is 14.6. The molecule has 0 spiro atoms. The first kappa shape index (κ1) is 43.0. The summed E-state index contributed by atoms with van der Waals surface area (Å²) in [6, 6.07) is 93.8. The minimum atomic E-state index is 0.688. The van der Waals surface area contributed by atoms with Gasteiger partial charge in [-0.1, -0.05) is 146 Å². The molecular formula is C63H45N3OS2. The van der Waals surface area contributed by atoms with Crippen molar-refractivity contribution in [2.75, 3.05) is 14.7 Å². The van der Waals surface area contributed by atoms with Gasteiger partial charge in [-0.05, 0) is 138 Å². The van der Waals surface area contributed by atoms with Gasteiger partial charge in [0.05, 0.1) is 9.75 Å². The number of aldehydes is 1. The van der Waals surface area contributed by atoms with Gasteiger partial charge in [0.1, 0.15) is 0 Å². The predicted molar refractivity (Wildman–Crippen MR) is 293 cm³/mol. The highest BCUT2D eigenvalue weighted by Crippen LogP contribution is 2.50. The Bertz CT molecular complexity index is 3150. The van der Waals surface area contributed by atoms with E-state index in [-0.39, 0.29) is 0 Å². The molecule has 0 saturated heterocycles. The van der Waals surface area contributed by atoms with Gasteiger partial charge < -0.3 is 14.7 Å². The quantitative estimate of drug-likeness (QED) is 0.102. The highest BCUT2D eigenvalue weighted by atomic mass is 32.1. The molecule has 2 heterocycles. The molecular weight excluding hydrogens is 879 g/mol. The van der Waals surface area contributed by atoms with Gasteiger partial charge in [0.25, 0.3) is 0 Å². The minimum absolute atomic E-state index is 0.688. The molecule has 11 rings (SSSR count). The molecule has 330 valence electrons. The van der Waals surface area contributed by atoms with Crippen LogP contribution in [-0.2, 0) is 0 Å². The van der Waals surface area contributed by atoms with Crippen LogP contribution in [0.15, 0.2) is 267 Å². The summed E-state index contributed by atoms with van der Waals surface area (Å²) in [4.78, 5) is 23.4. The first-order chi connectivity index (χ1) is 34.2. The lowest BCUT2D eigenvalue weighted by Crippen LogP contribution is -2.09. The zero-order valence-electron chi connectivity index (χ0n) is 37.5. The normalized spacial score (nSPS) is 11.0. The molecule has 0 saturated carbocycles. The molecule has 9 aromatic carbocycles. The first-order valence-electron chi connectivity index (χ1n) is 22.9. The van der Waals surface area contributed by atoms with Crippen LogP contribution in [0.3, 0.4) is 0 Å². The Labute approximate surface area is 411 Å². The van der Waals surface area contributed by atoms with E-state index in [1.54, 1.807) is 22.7 Å². The zero-order chi connectivity index (χ0) is 46.4. The van der Waals surface area contributed by atoms with Gasteiger partial charge in [0, 0.05) is 72.1 Å². The Morgan fingerprint density at radius 1 is 0.275 bits per heavy atom. The first-order valence-corrected chi connectivity index (χ1v) is 24.6. The smallest absolute Gasteiger partial charge is 0.160 e. The summed E-state index contributed by atoms with van der Waals surface area (Å²) in [5, 5.41) is 0. The average Bonchev–Trinajstić information content (AvgIpc) is 4.07. The summed E-state index contributed by atoms with van der Waals surface area (Å²) in [6.07, 6.45) is 0.974. The van der Waals surface area contributed by atoms with Crippen molar-refractivity contribution >= 4 is 80.1 Å². The summed E-state index contributed by atoms with van der Waals surface area (Å²) < 4.78 is 0. The van der Waals surface area contributed by atoms with Crippen LogP contribution in [0, 0.1) is 0 Å². The van der Waals surface area contributed by atoms with Crippen molar-refractivity contribution in [3.05, 3.63) is 272 Å². The van der Waals surface area contributed by atoms with E-state index in [2.05, 4.69) is 263 Å². The number of rotatable bonds is 14. The number of anilines is 9. The Hall–Kier alpha value is -8.55. The van der Waals surface area contributed by atoms with Gasteiger partial charge in [-0.2, -0.15) is 0 Å². The molecule has 4 nitrogen and oxygen atoms in total. The number of para-hydroxylation sites is 6. The van der Waals surface area contributed by atoms with E-state index in [1.807, 2.05) is 18.2 Å². The molecule has 0 fully saturated rings. The maximum atomic E-state index is 12.6. The van der Waals surface area contributed by atoms with Gasteiger partial charge in [-0.15, -0.1) is 22.7 Å². The molecule has 0 atom stereocenters. The van der Waals surface area contributed by atoms with Crippen LogP contribution in [0.1, 0.15) is 9.67 Å². The van der Waals surface area contributed by atoms with E-state index in [0.29, 0.717) is 4.88 Å². The number of carbonyl (C=O) groups excluding carboxylic acids is 1. The van der Waals surface area contributed by atoms with E-state index in [9.17, 15) is 4.79 Å². The number of carbonyl (C=O) groups is 1. The van der Waals surface area contributed by atoms with Crippen molar-refractivity contribution < 1.29 is 4.79 Å². The molecule has 0 aliphatic heterocycles. The molecule has 0 radical (unpaired) electrons. The number of hydrogen-bond acceptors (Lipinski definition) is 6. The molecule has 11 aromatic rings. The molecule has 0 bridgehead atoms. The SMILES string of the molecule is O=Cc1cc(-c2ccc(N(c3ccccc3)c3ccccc3)cc2)c(-c2cc(-c3ccc(N(c4ccccc4)c4ccccc4)cc3)c(-c3ccc(N(c4ccccc4)c4ccccc4)cc3)s2)s1. The summed E-state index contributed by atoms with van der Waals surface area (Å²) in [5.41, 5.74) is 15.1. The van der Waals surface area contributed by atoms with Crippen molar-refractivity contribution in [3.8, 4) is 42.4 Å². The summed E-state index contributed by atoms with van der Waals surface area (Å²) in [7, 11) is 0. The van der Waals surface area contributed by atoms with Crippen LogP contribution in [0.25, 0.3) is 42.4 Å². The standard InChI is InChI=1S/C63H45N3OS2/c67-45-58-43-59(46-31-37-55(38-32-46)64(49-19-7-1-8-20-49)50-21-9-2-10-22-50)63(68-58)61-44-60(47-33-39-56(40-34-47)65(51-23-11-3-12-24-51)52-25-13-4-14-26-52)62(69-61)48-35-41-57(42-36-48)66(53-27-15-5-16-28-53)54-29-17-6-18-30-54/h1-45H. The zero-order valence-corrected chi connectivity index (χ0v) is 39.2. The lowest BCUT2D eigenvalue weighted by atomic mass is 10.00. The highest BCUT2D eigenvalue weighted by molar-refractivity contribution is 7.25. The second-order valence-electron chi connectivity index (χ2n) is 16.5. The molecule has 0 aliphatic carbocycles. The topological polar surface area (TPSA) is 26.8 Å². The largest absolute Gasteiger partial charge is 0.311 e. The van der Waals surface area contributed by atoms with Crippen LogP contribution in [0.4, 0.5) is 51.2 Å². The van der Waals surface area contributed by atoms with Crippen molar-refractivity contribution in [1.82, 2.24) is 0 Å². The van der Waals surface area contributed by atoms with Crippen molar-refractivity contribution in [2.24, 2.45) is 0 Å². The van der Waals surface area contributed by atoms with Crippen molar-refractivity contribution in [1.29, 1.82) is 0 Å². The fraction of sp³-hybridized carbons (Fsp3) is 0. The fourth-order valence-corrected chi connectivity index (χ4v) is 11.2. The summed E-state index contributed by atoms with van der Waals surface area (Å²) in [6.45, 7) is 0. The maximum Gasteiger partial charge on any atom is 0.160 e. The third-order valence-electron chi connectivity index (χ3n) is 12.2. The molecule has 0 amide bonds. The van der Waals surface area contributed by atoms with Crippen LogP contribution in [-0.4, -0.2) is 6.29 Å². The van der Waals surface area contributed by atoms with Gasteiger partial charge in [0.15, 0.2) is 6.29 Å². The lowest BCUT2D eigenvalue weighted by Gasteiger charge is -2.25. The fourth-order valence-electron chi connectivity index (χ4n) is 8.94. The molecule has 0 aliphatic rings. The van der Waals surface area contributed by atoms with Crippen molar-refractivity contribution in [3.63, 3.8) is 0 Å². The Kier molecular flexibility index (Phi) is 12.3. The Morgan fingerprint density at radius 3 is 0.855 bits per heavy atom. The highest BCUT2D eigenvalue weighted by Gasteiger charge is 2.22. The molecule has 0 unspecified atom stereocenters. The maximum absolute atomic E-state index is 12.6. The van der Waals surface area contributed by atoms with E-state index in [1.165, 1.54) is 0 Å². The molecule has 0 N–H and O–H groups in total. The van der Waals surface area contributed by atoms with E-state index in [0.717, 1.165) is 99.9 Å². The monoisotopic (exact) mass is 923 g/mol. The number of benzene rings is 9. The summed E-state index contributed by atoms with van der Waals surface area (Å²) >= 11 is 3.32. The third kappa shape index (κ3) is 9.02. The van der Waals surface area contributed by atoms with E-state index >= 15 is 0 Å². The number of nitrogens with zero attached hydrogens (tertiary/aromatic N) is 3. The van der Waals surface area contributed by atoms with Crippen LogP contribution in [0.5, 0.6) is 0 Å². The van der Waals surface area contributed by atoms with Gasteiger partial charge in [0.2, 0.25) is 0 Å². The Balaban J connectivity index is 1.01. The number of hydrogen-bond donors (Lipinski definition) is 0. The van der Waals surface area contributed by atoms with Gasteiger partial charge >= 0.3 is 0 Å². The van der Waals surface area contributed by atoms with Crippen molar-refractivity contribution in [2.45, 2.75) is 0 Å². The second-order valence-corrected chi connectivity index (χ2v) is 18.7. The van der Waals surface area contributed by atoms with Crippen LogP contribution >= 0.6 is 22.7 Å². The van der Waals surface area contributed by atoms with Crippen LogP contribution in [0.2, 0.25) is 0 Å². The van der Waals surface area contributed by atoms with E-state index in [4.69, 9.17) is 0 Å². The predicted octanol–water partition coefficient (Wildman–Crippen LogP) is 18.7. The minimum Gasteiger partial charge on any atom is -0.311 e. The lowest BCUT2D eigenvalue weighted by molar-refractivity contribution is 0.112. The average molecular weight is 924 g/mol. The Morgan fingerprint density at radius 2 is 0.551 bits per heavy atom. The molecule has 6 heteroatoms. The van der Waals surface area contributed by atoms with Gasteiger partial charge in [-0.25, -0.2) is 0 Å². The second kappa shape index (κ2) is 19.7. The molecule has 2 aromatic heterocycles. The molecule has 69 heavy (non-hydrogen) atoms. The van der Waals surface area contributed by atoms with Crippen LogP contribution < -0.4 is 14.7 Å².